The number of phenolic OH excluding ortho intramolecular Hbond substituents is 1. The molecule has 8 heteroatoms. The molecule has 1 aliphatic rings. The number of alkyl halides is 3. The molecule has 1 aromatic rings. The van der Waals surface area contributed by atoms with Crippen LogP contribution in [0.3, 0.4) is 0 Å². The molecule has 134 valence electrons. The number of aromatic hydroxyl groups is 1. The van der Waals surface area contributed by atoms with Gasteiger partial charge in [-0.1, -0.05) is 6.42 Å². The van der Waals surface area contributed by atoms with Crippen molar-refractivity contribution in [1.82, 2.24) is 5.32 Å². The molecule has 2 N–H and O–H groups in total. The van der Waals surface area contributed by atoms with Crippen molar-refractivity contribution in [2.24, 2.45) is 0 Å². The second-order valence-electron chi connectivity index (χ2n) is 5.83. The van der Waals surface area contributed by atoms with Gasteiger partial charge in [0.1, 0.15) is 11.5 Å². The molecule has 0 radical (unpaired) electrons. The second-order valence-corrected chi connectivity index (χ2v) is 5.83. The van der Waals surface area contributed by atoms with Crippen molar-refractivity contribution in [3.8, 4) is 11.5 Å². The fourth-order valence-corrected chi connectivity index (χ4v) is 2.70. The van der Waals surface area contributed by atoms with Crippen molar-refractivity contribution in [3.63, 3.8) is 0 Å². The Bertz CT molecular complexity index is 572. The average Bonchev–Trinajstić information content (AvgIpc) is 2.51. The molecule has 0 aromatic heterocycles. The number of phenols is 1. The zero-order valence-electron chi connectivity index (χ0n) is 13.4. The first kappa shape index (κ1) is 18.4. The molecule has 1 saturated heterocycles. The molecule has 0 bridgehead atoms. The van der Waals surface area contributed by atoms with Gasteiger partial charge in [0.05, 0.1) is 5.69 Å². The fraction of sp³-hybridized carbons (Fsp3) is 0.562. The van der Waals surface area contributed by atoms with Crippen LogP contribution < -0.4 is 15.0 Å². The average molecular weight is 346 g/mol. The first-order chi connectivity index (χ1) is 11.3. The second kappa shape index (κ2) is 7.74. The van der Waals surface area contributed by atoms with Crippen LogP contribution >= 0.6 is 0 Å². The molecule has 2 rings (SSSR count). The lowest BCUT2D eigenvalue weighted by Gasteiger charge is -2.31. The van der Waals surface area contributed by atoms with Gasteiger partial charge in [0.25, 0.3) is 0 Å². The van der Waals surface area contributed by atoms with E-state index in [1.165, 1.54) is 30.0 Å². The van der Waals surface area contributed by atoms with Crippen molar-refractivity contribution in [3.05, 3.63) is 18.2 Å². The molecule has 0 spiro atoms. The van der Waals surface area contributed by atoms with Gasteiger partial charge in [0.2, 0.25) is 5.91 Å². The van der Waals surface area contributed by atoms with Gasteiger partial charge in [-0.25, -0.2) is 0 Å². The lowest BCUT2D eigenvalue weighted by molar-refractivity contribution is -0.153. The standard InChI is InChI=1S/C16H21F3N2O3/c1-11(22)21(9-12-4-2-3-7-20-12)14-8-13(23)5-6-15(14)24-10-16(17,18)19/h5-6,8,12,20,23H,2-4,7,9-10H2,1H3. The topological polar surface area (TPSA) is 61.8 Å². The number of piperidine rings is 1. The molecule has 1 atom stereocenters. The highest BCUT2D eigenvalue weighted by Crippen LogP contribution is 2.34. The highest BCUT2D eigenvalue weighted by atomic mass is 19.4. The minimum Gasteiger partial charge on any atom is -0.508 e. The van der Waals surface area contributed by atoms with E-state index in [1.54, 1.807) is 0 Å². The smallest absolute Gasteiger partial charge is 0.422 e. The van der Waals surface area contributed by atoms with Gasteiger partial charge >= 0.3 is 6.18 Å². The van der Waals surface area contributed by atoms with Crippen molar-refractivity contribution in [2.75, 3.05) is 24.6 Å². The molecular weight excluding hydrogens is 325 g/mol. The number of nitrogens with one attached hydrogen (secondary N) is 1. The van der Waals surface area contributed by atoms with Gasteiger partial charge in [-0.3, -0.25) is 4.79 Å². The number of benzene rings is 1. The van der Waals surface area contributed by atoms with Crippen LogP contribution in [-0.2, 0) is 4.79 Å². The van der Waals surface area contributed by atoms with Crippen LogP contribution in [0.5, 0.6) is 11.5 Å². The summed E-state index contributed by atoms with van der Waals surface area (Å²) in [6.07, 6.45) is -1.52. The minimum absolute atomic E-state index is 0.0560. The van der Waals surface area contributed by atoms with Gasteiger partial charge < -0.3 is 20.1 Å². The Balaban J connectivity index is 2.23. The first-order valence-corrected chi connectivity index (χ1v) is 7.80. The maximum atomic E-state index is 12.4. The third kappa shape index (κ3) is 5.30. The lowest BCUT2D eigenvalue weighted by atomic mass is 10.0. The van der Waals surface area contributed by atoms with Gasteiger partial charge in [0, 0.05) is 25.6 Å². The first-order valence-electron chi connectivity index (χ1n) is 7.80. The SMILES string of the molecule is CC(=O)N(CC1CCCCN1)c1cc(O)ccc1OCC(F)(F)F. The number of hydrogen-bond acceptors (Lipinski definition) is 4. The van der Waals surface area contributed by atoms with Gasteiger partial charge in [-0.15, -0.1) is 0 Å². The molecule has 1 aliphatic heterocycles. The monoisotopic (exact) mass is 346 g/mol. The quantitative estimate of drug-likeness (QED) is 0.861. The van der Waals surface area contributed by atoms with Crippen LogP contribution in [0.4, 0.5) is 18.9 Å². The molecule has 1 fully saturated rings. The Morgan fingerprint density at radius 2 is 2.17 bits per heavy atom. The molecule has 1 heterocycles. The highest BCUT2D eigenvalue weighted by Gasteiger charge is 2.30. The molecular formula is C16H21F3N2O3. The number of hydrogen-bond donors (Lipinski definition) is 2. The van der Waals surface area contributed by atoms with E-state index in [4.69, 9.17) is 4.74 Å². The summed E-state index contributed by atoms with van der Waals surface area (Å²) in [5.74, 6) is -0.562. The zero-order valence-corrected chi connectivity index (χ0v) is 13.4. The van der Waals surface area contributed by atoms with Crippen LogP contribution in [0.25, 0.3) is 0 Å². The van der Waals surface area contributed by atoms with E-state index in [9.17, 15) is 23.1 Å². The van der Waals surface area contributed by atoms with E-state index in [-0.39, 0.29) is 29.1 Å². The number of amides is 1. The van der Waals surface area contributed by atoms with E-state index in [2.05, 4.69) is 5.32 Å². The molecule has 0 aliphatic carbocycles. The maximum absolute atomic E-state index is 12.4. The van der Waals surface area contributed by atoms with Gasteiger partial charge in [-0.05, 0) is 31.5 Å². The Labute approximate surface area is 138 Å². The molecule has 5 nitrogen and oxygen atoms in total. The largest absolute Gasteiger partial charge is 0.508 e. The molecule has 24 heavy (non-hydrogen) atoms. The number of anilines is 1. The van der Waals surface area contributed by atoms with E-state index in [0.29, 0.717) is 6.54 Å². The van der Waals surface area contributed by atoms with Gasteiger partial charge in [0.15, 0.2) is 6.61 Å². The summed E-state index contributed by atoms with van der Waals surface area (Å²) in [5.41, 5.74) is 0.138. The Morgan fingerprint density at radius 1 is 1.42 bits per heavy atom. The summed E-state index contributed by atoms with van der Waals surface area (Å²) in [7, 11) is 0. The zero-order chi connectivity index (χ0) is 17.7. The highest BCUT2D eigenvalue weighted by molar-refractivity contribution is 5.93. The number of ether oxygens (including phenoxy) is 1. The van der Waals surface area contributed by atoms with Crippen LogP contribution in [-0.4, -0.2) is 42.9 Å². The third-order valence-electron chi connectivity index (χ3n) is 3.82. The molecule has 1 amide bonds. The number of nitrogens with zero attached hydrogens (tertiary/aromatic N) is 1. The maximum Gasteiger partial charge on any atom is 0.422 e. The van der Waals surface area contributed by atoms with E-state index in [0.717, 1.165) is 25.8 Å². The van der Waals surface area contributed by atoms with Crippen LogP contribution in [0.1, 0.15) is 26.2 Å². The summed E-state index contributed by atoms with van der Waals surface area (Å²) < 4.78 is 42.1. The summed E-state index contributed by atoms with van der Waals surface area (Å²) in [5, 5.41) is 13.0. The predicted octanol–water partition coefficient (Wildman–Crippen LogP) is 2.83. The fourth-order valence-electron chi connectivity index (χ4n) is 2.70. The number of rotatable bonds is 5. The van der Waals surface area contributed by atoms with Crippen molar-refractivity contribution < 1.29 is 27.8 Å². The molecule has 1 aromatic carbocycles. The van der Waals surface area contributed by atoms with Crippen LogP contribution in [0.15, 0.2) is 18.2 Å². The van der Waals surface area contributed by atoms with E-state index >= 15 is 0 Å². The van der Waals surface area contributed by atoms with Crippen molar-refractivity contribution in [2.45, 2.75) is 38.4 Å². The van der Waals surface area contributed by atoms with Gasteiger partial charge in [-0.2, -0.15) is 13.2 Å². The van der Waals surface area contributed by atoms with Crippen LogP contribution in [0, 0.1) is 0 Å². The summed E-state index contributed by atoms with van der Waals surface area (Å²) >= 11 is 0. The normalized spacial score (nSPS) is 18.2. The molecule has 0 saturated carbocycles. The van der Waals surface area contributed by atoms with Crippen molar-refractivity contribution >= 4 is 11.6 Å². The minimum atomic E-state index is -4.48. The van der Waals surface area contributed by atoms with E-state index < -0.39 is 12.8 Å². The predicted molar refractivity (Wildman–Crippen MR) is 83.3 cm³/mol. The molecule has 1 unspecified atom stereocenters. The Morgan fingerprint density at radius 3 is 2.75 bits per heavy atom. The Hall–Kier alpha value is -1.96. The number of carbonyl (C=O) groups is 1. The van der Waals surface area contributed by atoms with E-state index in [1.807, 2.05) is 0 Å². The van der Waals surface area contributed by atoms with Crippen molar-refractivity contribution in [1.29, 1.82) is 0 Å². The van der Waals surface area contributed by atoms with Crippen LogP contribution in [0.2, 0.25) is 0 Å². The summed E-state index contributed by atoms with van der Waals surface area (Å²) in [6, 6.07) is 3.77. The summed E-state index contributed by atoms with van der Waals surface area (Å²) in [6.45, 7) is 1.02. The third-order valence-corrected chi connectivity index (χ3v) is 3.82. The Kier molecular flexibility index (Phi) is 5.93. The number of carbonyl (C=O) groups excluding carboxylic acids is 1. The summed E-state index contributed by atoms with van der Waals surface area (Å²) in [4.78, 5) is 13.4. The lowest BCUT2D eigenvalue weighted by Crippen LogP contribution is -2.45. The number of halogens is 3.